The van der Waals surface area contributed by atoms with Crippen molar-refractivity contribution in [3.05, 3.63) is 11.3 Å². The second kappa shape index (κ2) is 4.94. The molecule has 2 bridgehead atoms. The lowest BCUT2D eigenvalue weighted by Gasteiger charge is -2.41. The van der Waals surface area contributed by atoms with Crippen LogP contribution in [0.5, 0.6) is 0 Å². The molecule has 0 amide bonds. The fourth-order valence-electron chi connectivity index (χ4n) is 3.67. The Morgan fingerprint density at radius 3 is 1.74 bits per heavy atom. The minimum Gasteiger partial charge on any atom is -0.434 e. The van der Waals surface area contributed by atoms with Gasteiger partial charge in [0.25, 0.3) is 0 Å². The maximum atomic E-state index is 6.66. The largest absolute Gasteiger partial charge is 0.434 e. The number of rotatable bonds is 5. The summed E-state index contributed by atoms with van der Waals surface area (Å²) in [5.41, 5.74) is 0. The minimum atomic E-state index is -2.16. The molecule has 1 fully saturated rings. The van der Waals surface area contributed by atoms with Gasteiger partial charge in [-0.05, 0) is 82.1 Å². The Morgan fingerprint density at radius 2 is 1.42 bits per heavy atom. The summed E-state index contributed by atoms with van der Waals surface area (Å²) >= 11 is 0. The van der Waals surface area contributed by atoms with Crippen LogP contribution < -0.4 is 0 Å². The molecular formula is C14H30O2Si3. The standard InChI is InChI=1S/C14H30O2Si3/c1-17(2,3)15-19(7,16-18(4,5)6)14-11-12-8-9-13(14)10-12/h11-13H,8-10H2,1-7H3. The van der Waals surface area contributed by atoms with Crippen molar-refractivity contribution in [2.75, 3.05) is 0 Å². The van der Waals surface area contributed by atoms with Crippen LogP contribution in [0, 0.1) is 11.8 Å². The van der Waals surface area contributed by atoms with Crippen molar-refractivity contribution in [2.24, 2.45) is 11.8 Å². The molecular weight excluding hydrogens is 284 g/mol. The maximum Gasteiger partial charge on any atom is 0.344 e. The summed E-state index contributed by atoms with van der Waals surface area (Å²) in [6, 6.07) is 0. The van der Waals surface area contributed by atoms with E-state index in [4.69, 9.17) is 8.23 Å². The monoisotopic (exact) mass is 314 g/mol. The van der Waals surface area contributed by atoms with Gasteiger partial charge in [-0.3, -0.25) is 0 Å². The smallest absolute Gasteiger partial charge is 0.344 e. The minimum absolute atomic E-state index is 0.773. The lowest BCUT2D eigenvalue weighted by Crippen LogP contribution is -2.55. The van der Waals surface area contributed by atoms with E-state index >= 15 is 0 Å². The highest BCUT2D eigenvalue weighted by Gasteiger charge is 2.49. The predicted molar refractivity (Wildman–Crippen MR) is 89.4 cm³/mol. The summed E-state index contributed by atoms with van der Waals surface area (Å²) < 4.78 is 13.3. The van der Waals surface area contributed by atoms with Gasteiger partial charge in [-0.15, -0.1) is 0 Å². The van der Waals surface area contributed by atoms with Crippen molar-refractivity contribution in [3.8, 4) is 0 Å². The quantitative estimate of drug-likeness (QED) is 0.687. The number of hydrogen-bond donors (Lipinski definition) is 0. The molecule has 110 valence electrons. The third-order valence-electron chi connectivity index (χ3n) is 3.85. The normalized spacial score (nSPS) is 27.8. The molecule has 2 rings (SSSR count). The molecule has 0 saturated heterocycles. The Morgan fingerprint density at radius 1 is 0.895 bits per heavy atom. The highest BCUT2D eigenvalue weighted by Crippen LogP contribution is 2.48. The second-order valence-corrected chi connectivity index (χ2v) is 20.8. The highest BCUT2D eigenvalue weighted by atomic mass is 28.5. The average Bonchev–Trinajstić information content (AvgIpc) is 2.70. The molecule has 0 heterocycles. The van der Waals surface area contributed by atoms with Gasteiger partial charge in [0.1, 0.15) is 0 Å². The zero-order valence-corrected chi connectivity index (χ0v) is 16.7. The van der Waals surface area contributed by atoms with Gasteiger partial charge in [0.05, 0.1) is 0 Å². The molecule has 0 aliphatic heterocycles. The van der Waals surface area contributed by atoms with Crippen molar-refractivity contribution in [1.29, 1.82) is 0 Å². The van der Waals surface area contributed by atoms with Crippen LogP contribution in [-0.4, -0.2) is 25.2 Å². The molecule has 0 aromatic rings. The van der Waals surface area contributed by atoms with E-state index in [1.807, 2.05) is 0 Å². The first kappa shape index (κ1) is 15.7. The third-order valence-corrected chi connectivity index (χ3v) is 13.5. The second-order valence-electron chi connectivity index (χ2n) is 8.27. The molecule has 0 aromatic heterocycles. The fraction of sp³-hybridized carbons (Fsp3) is 0.857. The Bertz CT molecular complexity index is 363. The van der Waals surface area contributed by atoms with Crippen molar-refractivity contribution < 1.29 is 8.23 Å². The van der Waals surface area contributed by atoms with E-state index in [0.29, 0.717) is 0 Å². The number of hydrogen-bond acceptors (Lipinski definition) is 2. The van der Waals surface area contributed by atoms with E-state index in [2.05, 4.69) is 51.9 Å². The maximum absolute atomic E-state index is 6.66. The highest BCUT2D eigenvalue weighted by molar-refractivity contribution is 6.91. The number of allylic oxidation sites excluding steroid dienone is 2. The van der Waals surface area contributed by atoms with Crippen molar-refractivity contribution in [3.63, 3.8) is 0 Å². The van der Waals surface area contributed by atoms with Crippen LogP contribution in [-0.2, 0) is 8.23 Å². The van der Waals surface area contributed by atoms with E-state index in [1.54, 1.807) is 5.20 Å². The van der Waals surface area contributed by atoms with Crippen LogP contribution >= 0.6 is 0 Å². The first-order valence-corrected chi connectivity index (χ1v) is 16.7. The van der Waals surface area contributed by atoms with Crippen LogP contribution in [0.2, 0.25) is 45.8 Å². The Kier molecular flexibility index (Phi) is 4.08. The summed E-state index contributed by atoms with van der Waals surface area (Å²) in [6.07, 6.45) is 6.64. The summed E-state index contributed by atoms with van der Waals surface area (Å²) in [5, 5.41) is 1.59. The van der Waals surface area contributed by atoms with E-state index in [9.17, 15) is 0 Å². The van der Waals surface area contributed by atoms with Crippen LogP contribution in [0.4, 0.5) is 0 Å². The van der Waals surface area contributed by atoms with Gasteiger partial charge in [-0.1, -0.05) is 6.08 Å². The lowest BCUT2D eigenvalue weighted by atomic mass is 10.1. The fourth-order valence-corrected chi connectivity index (χ4v) is 16.0. The van der Waals surface area contributed by atoms with Crippen LogP contribution in [0.25, 0.3) is 0 Å². The predicted octanol–water partition coefficient (Wildman–Crippen LogP) is 4.66. The molecule has 0 radical (unpaired) electrons. The van der Waals surface area contributed by atoms with E-state index in [1.165, 1.54) is 19.3 Å². The van der Waals surface area contributed by atoms with Gasteiger partial charge < -0.3 is 8.23 Å². The molecule has 2 aliphatic carbocycles. The first-order valence-electron chi connectivity index (χ1n) is 7.61. The topological polar surface area (TPSA) is 18.5 Å². The van der Waals surface area contributed by atoms with E-state index in [-0.39, 0.29) is 0 Å². The Hall–Kier alpha value is 0.311. The van der Waals surface area contributed by atoms with Gasteiger partial charge in [0.2, 0.25) is 0 Å². The van der Waals surface area contributed by atoms with Crippen LogP contribution in [0.1, 0.15) is 19.3 Å². The Labute approximate surface area is 122 Å². The van der Waals surface area contributed by atoms with Gasteiger partial charge in [0.15, 0.2) is 16.6 Å². The molecule has 1 saturated carbocycles. The van der Waals surface area contributed by atoms with Gasteiger partial charge >= 0.3 is 8.56 Å². The number of fused-ring (bicyclic) bond motifs is 2. The summed E-state index contributed by atoms with van der Waals surface area (Å²) in [6.45, 7) is 16.1. The summed E-state index contributed by atoms with van der Waals surface area (Å²) in [4.78, 5) is 0. The zero-order chi connectivity index (χ0) is 14.5. The van der Waals surface area contributed by atoms with Crippen molar-refractivity contribution >= 4 is 25.2 Å². The van der Waals surface area contributed by atoms with E-state index < -0.39 is 25.2 Å². The summed E-state index contributed by atoms with van der Waals surface area (Å²) in [5.74, 6) is 1.59. The SMILES string of the molecule is C[Si](C)(C)O[Si](C)(O[Si](C)(C)C)C1=CC2CCC1C2. The molecule has 0 aromatic carbocycles. The molecule has 2 aliphatic rings. The molecule has 2 nitrogen and oxygen atoms in total. The lowest BCUT2D eigenvalue weighted by molar-refractivity contribution is 0.388. The van der Waals surface area contributed by atoms with Crippen molar-refractivity contribution in [2.45, 2.75) is 65.1 Å². The molecule has 2 unspecified atom stereocenters. The van der Waals surface area contributed by atoms with Gasteiger partial charge in [-0.2, -0.15) is 0 Å². The van der Waals surface area contributed by atoms with Crippen LogP contribution in [0.3, 0.4) is 0 Å². The molecule has 0 spiro atoms. The van der Waals surface area contributed by atoms with Crippen molar-refractivity contribution in [1.82, 2.24) is 0 Å². The average molecular weight is 315 g/mol. The molecule has 0 N–H and O–H groups in total. The van der Waals surface area contributed by atoms with Gasteiger partial charge in [-0.25, -0.2) is 0 Å². The Balaban J connectivity index is 2.26. The molecule has 2 atom stereocenters. The van der Waals surface area contributed by atoms with Gasteiger partial charge in [0, 0.05) is 0 Å². The third kappa shape index (κ3) is 3.91. The van der Waals surface area contributed by atoms with E-state index in [0.717, 1.165) is 11.8 Å². The van der Waals surface area contributed by atoms with Crippen LogP contribution in [0.15, 0.2) is 11.3 Å². The molecule has 5 heteroatoms. The zero-order valence-electron chi connectivity index (χ0n) is 13.7. The summed E-state index contributed by atoms with van der Waals surface area (Å²) in [7, 11) is -5.29. The first-order chi connectivity index (χ1) is 8.49. The molecule has 19 heavy (non-hydrogen) atoms.